The molecular weight excluding hydrogens is 306 g/mol. The Bertz CT molecular complexity index is 628. The van der Waals surface area contributed by atoms with Gasteiger partial charge in [0, 0.05) is 5.56 Å². The first-order chi connectivity index (χ1) is 9.56. The Labute approximate surface area is 123 Å². The van der Waals surface area contributed by atoms with Crippen molar-refractivity contribution in [2.45, 2.75) is 6.10 Å². The molecule has 0 amide bonds. The molecule has 0 aliphatic rings. The Balaban J connectivity index is 2.47. The minimum atomic E-state index is -1.18. The minimum Gasteiger partial charge on any atom is -0.486 e. The lowest BCUT2D eigenvalue weighted by Gasteiger charge is -2.16. The van der Waals surface area contributed by atoms with Crippen LogP contribution in [0, 0.1) is 11.6 Å². The standard InChI is InChI=1S/C14H11ClF2O2S/c1-2-6-19-13-8(3-4-10(16)11(13)17)12(18)14-9(15)5-7-20-14/h2-5,7,12,18H,1,6H2. The first-order valence-corrected chi connectivity index (χ1v) is 6.94. The maximum Gasteiger partial charge on any atom is 0.201 e. The highest BCUT2D eigenvalue weighted by Crippen LogP contribution is 2.38. The molecule has 106 valence electrons. The predicted molar refractivity (Wildman–Crippen MR) is 75.4 cm³/mol. The van der Waals surface area contributed by atoms with Gasteiger partial charge in [0.15, 0.2) is 11.6 Å². The van der Waals surface area contributed by atoms with E-state index in [1.165, 1.54) is 23.5 Å². The molecule has 2 nitrogen and oxygen atoms in total. The first kappa shape index (κ1) is 15.0. The SMILES string of the molecule is C=CCOc1c(C(O)c2sccc2Cl)ccc(F)c1F. The van der Waals surface area contributed by atoms with Gasteiger partial charge in [-0.1, -0.05) is 24.3 Å². The van der Waals surface area contributed by atoms with Crippen molar-refractivity contribution in [3.63, 3.8) is 0 Å². The number of rotatable bonds is 5. The highest BCUT2D eigenvalue weighted by molar-refractivity contribution is 7.10. The molecule has 0 bridgehead atoms. The molecule has 1 heterocycles. The Morgan fingerprint density at radius 1 is 1.40 bits per heavy atom. The summed E-state index contributed by atoms with van der Waals surface area (Å²) in [5.41, 5.74) is 0.120. The van der Waals surface area contributed by atoms with E-state index in [1.54, 1.807) is 11.4 Å². The van der Waals surface area contributed by atoms with E-state index >= 15 is 0 Å². The van der Waals surface area contributed by atoms with Crippen molar-refractivity contribution in [3.05, 3.63) is 63.3 Å². The number of thiophene rings is 1. The molecule has 1 aromatic heterocycles. The van der Waals surface area contributed by atoms with Crippen LogP contribution < -0.4 is 4.74 Å². The predicted octanol–water partition coefficient (Wildman–Crippen LogP) is 4.33. The van der Waals surface area contributed by atoms with Gasteiger partial charge >= 0.3 is 0 Å². The smallest absolute Gasteiger partial charge is 0.201 e. The monoisotopic (exact) mass is 316 g/mol. The summed E-state index contributed by atoms with van der Waals surface area (Å²) in [5.74, 6) is -2.52. The number of ether oxygens (including phenoxy) is 1. The van der Waals surface area contributed by atoms with Crippen molar-refractivity contribution in [2.24, 2.45) is 0 Å². The number of aliphatic hydroxyl groups is 1. The van der Waals surface area contributed by atoms with Crippen molar-refractivity contribution in [3.8, 4) is 5.75 Å². The Morgan fingerprint density at radius 2 is 2.15 bits per heavy atom. The number of hydrogen-bond donors (Lipinski definition) is 1. The zero-order chi connectivity index (χ0) is 14.7. The first-order valence-electron chi connectivity index (χ1n) is 5.68. The van der Waals surface area contributed by atoms with E-state index < -0.39 is 17.7 Å². The van der Waals surface area contributed by atoms with E-state index in [9.17, 15) is 13.9 Å². The van der Waals surface area contributed by atoms with Crippen molar-refractivity contribution >= 4 is 22.9 Å². The molecule has 0 aliphatic carbocycles. The van der Waals surface area contributed by atoms with Crippen LogP contribution in [0.1, 0.15) is 16.5 Å². The molecule has 1 aromatic carbocycles. The van der Waals surface area contributed by atoms with Crippen molar-refractivity contribution in [1.82, 2.24) is 0 Å². The number of halogens is 3. The third-order valence-electron chi connectivity index (χ3n) is 2.61. The van der Waals surface area contributed by atoms with Gasteiger partial charge in [0.1, 0.15) is 12.7 Å². The van der Waals surface area contributed by atoms with E-state index in [0.717, 1.165) is 6.07 Å². The normalized spacial score (nSPS) is 12.2. The second-order valence-electron chi connectivity index (χ2n) is 3.91. The highest BCUT2D eigenvalue weighted by atomic mass is 35.5. The van der Waals surface area contributed by atoms with Gasteiger partial charge in [-0.3, -0.25) is 0 Å². The Morgan fingerprint density at radius 3 is 2.75 bits per heavy atom. The molecule has 6 heteroatoms. The van der Waals surface area contributed by atoms with Crippen LogP contribution in [0.3, 0.4) is 0 Å². The molecule has 0 radical (unpaired) electrons. The van der Waals surface area contributed by atoms with Gasteiger partial charge in [-0.05, 0) is 23.6 Å². The largest absolute Gasteiger partial charge is 0.486 e. The summed E-state index contributed by atoms with van der Waals surface area (Å²) in [7, 11) is 0. The summed E-state index contributed by atoms with van der Waals surface area (Å²) in [6.07, 6.45) is 0.218. The molecule has 20 heavy (non-hydrogen) atoms. The molecule has 1 unspecified atom stereocenters. The second-order valence-corrected chi connectivity index (χ2v) is 5.27. The summed E-state index contributed by atoms with van der Waals surface area (Å²) in [6, 6.07) is 3.84. The number of benzene rings is 1. The third kappa shape index (κ3) is 2.85. The summed E-state index contributed by atoms with van der Waals surface area (Å²) in [4.78, 5) is 0.445. The third-order valence-corrected chi connectivity index (χ3v) is 4.02. The van der Waals surface area contributed by atoms with Gasteiger partial charge in [0.25, 0.3) is 0 Å². The van der Waals surface area contributed by atoms with Gasteiger partial charge in [0.05, 0.1) is 9.90 Å². The van der Waals surface area contributed by atoms with Crippen LogP contribution in [0.2, 0.25) is 5.02 Å². The lowest BCUT2D eigenvalue weighted by Crippen LogP contribution is -2.06. The number of hydrogen-bond acceptors (Lipinski definition) is 3. The van der Waals surface area contributed by atoms with E-state index in [0.29, 0.717) is 9.90 Å². The van der Waals surface area contributed by atoms with E-state index in [4.69, 9.17) is 16.3 Å². The molecule has 0 saturated carbocycles. The molecule has 1 N–H and O–H groups in total. The van der Waals surface area contributed by atoms with Crippen molar-refractivity contribution in [2.75, 3.05) is 6.61 Å². The fourth-order valence-electron chi connectivity index (χ4n) is 1.69. The van der Waals surface area contributed by atoms with Gasteiger partial charge in [0.2, 0.25) is 5.82 Å². The molecule has 1 atom stereocenters. The van der Waals surface area contributed by atoms with Crippen LogP contribution in [0.4, 0.5) is 8.78 Å². The molecule has 0 fully saturated rings. The maximum absolute atomic E-state index is 13.8. The van der Waals surface area contributed by atoms with Crippen LogP contribution in [0.15, 0.2) is 36.2 Å². The number of aliphatic hydroxyl groups excluding tert-OH is 1. The summed E-state index contributed by atoms with van der Waals surface area (Å²) >= 11 is 7.16. The maximum atomic E-state index is 13.8. The summed E-state index contributed by atoms with van der Waals surface area (Å²) < 4.78 is 32.2. The topological polar surface area (TPSA) is 29.5 Å². The van der Waals surface area contributed by atoms with Crippen molar-refractivity contribution in [1.29, 1.82) is 0 Å². The van der Waals surface area contributed by atoms with Crippen molar-refractivity contribution < 1.29 is 18.6 Å². The lowest BCUT2D eigenvalue weighted by atomic mass is 10.1. The van der Waals surface area contributed by atoms with Gasteiger partial charge in [-0.25, -0.2) is 4.39 Å². The van der Waals surface area contributed by atoms with E-state index in [-0.39, 0.29) is 17.9 Å². The van der Waals surface area contributed by atoms with Crippen LogP contribution in [0.5, 0.6) is 5.75 Å². The quantitative estimate of drug-likeness (QED) is 0.832. The van der Waals surface area contributed by atoms with Crippen LogP contribution >= 0.6 is 22.9 Å². The van der Waals surface area contributed by atoms with E-state index in [2.05, 4.69) is 6.58 Å². The fraction of sp³-hybridized carbons (Fsp3) is 0.143. The molecule has 0 aliphatic heterocycles. The highest BCUT2D eigenvalue weighted by Gasteiger charge is 2.23. The molecule has 0 spiro atoms. The lowest BCUT2D eigenvalue weighted by molar-refractivity contribution is 0.213. The van der Waals surface area contributed by atoms with Gasteiger partial charge < -0.3 is 9.84 Å². The minimum absolute atomic E-state index is 0.00172. The molecular formula is C14H11ClF2O2S. The summed E-state index contributed by atoms with van der Waals surface area (Å²) in [5, 5.41) is 12.4. The Kier molecular flexibility index (Phi) is 4.75. The average Bonchev–Trinajstić information content (AvgIpc) is 2.86. The second kappa shape index (κ2) is 6.35. The van der Waals surface area contributed by atoms with Crippen LogP contribution in [-0.2, 0) is 0 Å². The zero-order valence-corrected chi connectivity index (χ0v) is 11.8. The molecule has 2 rings (SSSR count). The molecule has 2 aromatic rings. The molecule has 0 saturated heterocycles. The van der Waals surface area contributed by atoms with E-state index in [1.807, 2.05) is 0 Å². The summed E-state index contributed by atoms with van der Waals surface area (Å²) in [6.45, 7) is 3.44. The van der Waals surface area contributed by atoms with Gasteiger partial charge in [-0.2, -0.15) is 4.39 Å². The zero-order valence-electron chi connectivity index (χ0n) is 10.3. The van der Waals surface area contributed by atoms with Crippen LogP contribution in [-0.4, -0.2) is 11.7 Å². The van der Waals surface area contributed by atoms with Gasteiger partial charge in [-0.15, -0.1) is 11.3 Å². The fourth-order valence-corrected chi connectivity index (χ4v) is 2.85. The van der Waals surface area contributed by atoms with Crippen LogP contribution in [0.25, 0.3) is 0 Å². The Hall–Kier alpha value is -1.43. The average molecular weight is 317 g/mol.